The Labute approximate surface area is 149 Å². The molecule has 1 heterocycles. The molecule has 142 valence electrons. The third-order valence-corrected chi connectivity index (χ3v) is 4.23. The van der Waals surface area contributed by atoms with Gasteiger partial charge >= 0.3 is 5.76 Å². The summed E-state index contributed by atoms with van der Waals surface area (Å²) in [5.41, 5.74) is 0.394. The summed E-state index contributed by atoms with van der Waals surface area (Å²) in [5, 5.41) is 0. The number of nitrogens with one attached hydrogen (secondary N) is 1. The first-order chi connectivity index (χ1) is 12.3. The van der Waals surface area contributed by atoms with E-state index in [2.05, 4.69) is 9.97 Å². The zero-order valence-corrected chi connectivity index (χ0v) is 15.0. The van der Waals surface area contributed by atoms with Crippen LogP contribution in [-0.4, -0.2) is 45.5 Å². The number of hydrogen-bond acceptors (Lipinski definition) is 7. The lowest BCUT2D eigenvalue weighted by Gasteiger charge is -2.16. The molecule has 0 aliphatic heterocycles. The van der Waals surface area contributed by atoms with Gasteiger partial charge in [0.2, 0.25) is 11.8 Å². The normalized spacial score (nSPS) is 11.5. The molecule has 0 aliphatic rings. The van der Waals surface area contributed by atoms with E-state index in [1.165, 1.54) is 39.5 Å². The molecule has 2 aromatic rings. The second kappa shape index (κ2) is 8.23. The van der Waals surface area contributed by atoms with E-state index < -0.39 is 15.8 Å². The molecule has 0 aliphatic carbocycles. The van der Waals surface area contributed by atoms with E-state index in [1.807, 2.05) is 4.72 Å². The maximum atomic E-state index is 12.8. The van der Waals surface area contributed by atoms with Crippen molar-refractivity contribution in [3.63, 3.8) is 0 Å². The molecule has 8 nitrogen and oxygen atoms in total. The van der Waals surface area contributed by atoms with Crippen LogP contribution >= 0.6 is 0 Å². The van der Waals surface area contributed by atoms with Gasteiger partial charge in [-0.1, -0.05) is 12.1 Å². The number of rotatable bonds is 8. The van der Waals surface area contributed by atoms with Crippen LogP contribution in [0, 0.1) is 0 Å². The van der Waals surface area contributed by atoms with Crippen LogP contribution in [0.5, 0.6) is 11.8 Å². The third kappa shape index (κ3) is 4.35. The second-order valence-electron chi connectivity index (χ2n) is 4.96. The fraction of sp³-hybridized carbons (Fsp3) is 0.333. The Morgan fingerprint density at radius 3 is 2.23 bits per heavy atom. The highest BCUT2D eigenvalue weighted by Crippen LogP contribution is 2.33. The molecule has 0 amide bonds. The number of para-hydroxylation sites is 1. The van der Waals surface area contributed by atoms with Crippen molar-refractivity contribution in [3.05, 3.63) is 29.8 Å². The third-order valence-electron chi connectivity index (χ3n) is 3.27. The number of ether oxygens (including phenoxy) is 3. The molecule has 0 radical (unpaired) electrons. The van der Waals surface area contributed by atoms with E-state index in [0.29, 0.717) is 5.56 Å². The number of halogens is 2. The lowest BCUT2D eigenvalue weighted by molar-refractivity contribution is 0.185. The smallest absolute Gasteiger partial charge is 0.355 e. The summed E-state index contributed by atoms with van der Waals surface area (Å²) in [6, 6.07) is 6.04. The van der Waals surface area contributed by atoms with Crippen LogP contribution in [0.25, 0.3) is 11.4 Å². The Kier molecular flexibility index (Phi) is 6.27. The molecule has 0 bridgehead atoms. The van der Waals surface area contributed by atoms with Crippen LogP contribution in [0.2, 0.25) is 0 Å². The van der Waals surface area contributed by atoms with Crippen molar-refractivity contribution >= 4 is 15.7 Å². The fourth-order valence-corrected chi connectivity index (χ4v) is 2.72. The van der Waals surface area contributed by atoms with Gasteiger partial charge in [0.1, 0.15) is 0 Å². The van der Waals surface area contributed by atoms with Crippen molar-refractivity contribution in [1.29, 1.82) is 0 Å². The van der Waals surface area contributed by atoms with Crippen LogP contribution in [-0.2, 0) is 21.4 Å². The maximum Gasteiger partial charge on any atom is 0.355 e. The van der Waals surface area contributed by atoms with E-state index in [0.717, 1.165) is 0 Å². The van der Waals surface area contributed by atoms with Gasteiger partial charge in [-0.3, -0.25) is 4.72 Å². The van der Waals surface area contributed by atoms with Gasteiger partial charge in [0.05, 0.1) is 32.6 Å². The van der Waals surface area contributed by atoms with Crippen molar-refractivity contribution in [2.75, 3.05) is 26.1 Å². The standard InChI is InChI=1S/C15H17F2N3O5S/c1-23-8-9-5-4-6-10(13(9)20-26(21,22)15(16)17)14-18-11(24-2)7-12(19-14)25-3/h4-7,15,20H,8H2,1-3H3. The van der Waals surface area contributed by atoms with Crippen molar-refractivity contribution in [2.24, 2.45) is 0 Å². The van der Waals surface area contributed by atoms with Crippen LogP contribution in [0.15, 0.2) is 24.3 Å². The number of anilines is 1. The first-order valence-electron chi connectivity index (χ1n) is 7.20. The van der Waals surface area contributed by atoms with E-state index >= 15 is 0 Å². The summed E-state index contributed by atoms with van der Waals surface area (Å²) < 4.78 is 66.1. The molecule has 1 N–H and O–H groups in total. The van der Waals surface area contributed by atoms with E-state index in [1.54, 1.807) is 6.07 Å². The van der Waals surface area contributed by atoms with Gasteiger partial charge in [-0.25, -0.2) is 8.42 Å². The number of nitrogens with zero attached hydrogens (tertiary/aromatic N) is 2. The summed E-state index contributed by atoms with van der Waals surface area (Å²) in [5.74, 6) is -3.25. The van der Waals surface area contributed by atoms with E-state index in [9.17, 15) is 17.2 Å². The van der Waals surface area contributed by atoms with Gasteiger partial charge in [0, 0.05) is 18.2 Å². The number of hydrogen-bond donors (Lipinski definition) is 1. The lowest BCUT2D eigenvalue weighted by Crippen LogP contribution is -2.22. The number of alkyl halides is 2. The predicted octanol–water partition coefficient (Wildman–Crippen LogP) is 2.27. The minimum atomic E-state index is -4.91. The molecule has 0 spiro atoms. The predicted molar refractivity (Wildman–Crippen MR) is 89.8 cm³/mol. The topological polar surface area (TPSA) is 99.6 Å². The molecule has 11 heteroatoms. The summed E-state index contributed by atoms with van der Waals surface area (Å²) >= 11 is 0. The zero-order valence-electron chi connectivity index (χ0n) is 14.2. The Morgan fingerprint density at radius 1 is 1.12 bits per heavy atom. The number of aromatic nitrogens is 2. The minimum absolute atomic E-state index is 0.0178. The van der Waals surface area contributed by atoms with E-state index in [4.69, 9.17) is 14.2 Å². The Hall–Kier alpha value is -2.53. The monoisotopic (exact) mass is 389 g/mol. The summed E-state index contributed by atoms with van der Waals surface area (Å²) in [7, 11) is -0.754. The zero-order chi connectivity index (χ0) is 19.3. The molecule has 26 heavy (non-hydrogen) atoms. The summed E-state index contributed by atoms with van der Waals surface area (Å²) in [6.07, 6.45) is 0. The van der Waals surface area contributed by atoms with Gasteiger partial charge in [0.25, 0.3) is 10.0 Å². The SMILES string of the molecule is COCc1cccc(-c2nc(OC)cc(OC)n2)c1NS(=O)(=O)C(F)F. The Bertz CT molecular complexity index is 855. The molecule has 0 unspecified atom stereocenters. The number of sulfonamides is 1. The Balaban J connectivity index is 2.67. The van der Waals surface area contributed by atoms with Crippen molar-refractivity contribution in [1.82, 2.24) is 9.97 Å². The molecule has 0 atom stereocenters. The highest BCUT2D eigenvalue weighted by molar-refractivity contribution is 7.93. The average molecular weight is 389 g/mol. The minimum Gasteiger partial charge on any atom is -0.481 e. The molecule has 2 rings (SSSR count). The van der Waals surface area contributed by atoms with Gasteiger partial charge in [-0.05, 0) is 6.07 Å². The van der Waals surface area contributed by atoms with Crippen molar-refractivity contribution in [2.45, 2.75) is 12.4 Å². The molecule has 1 aromatic carbocycles. The quantitative estimate of drug-likeness (QED) is 0.739. The fourth-order valence-electron chi connectivity index (χ4n) is 2.10. The highest BCUT2D eigenvalue weighted by atomic mass is 32.2. The van der Waals surface area contributed by atoms with E-state index in [-0.39, 0.29) is 35.4 Å². The van der Waals surface area contributed by atoms with Gasteiger partial charge in [-0.15, -0.1) is 0 Å². The average Bonchev–Trinajstić information content (AvgIpc) is 2.62. The number of benzene rings is 1. The molecular weight excluding hydrogens is 372 g/mol. The van der Waals surface area contributed by atoms with Gasteiger partial charge < -0.3 is 14.2 Å². The van der Waals surface area contributed by atoms with Gasteiger partial charge in [0.15, 0.2) is 5.82 Å². The maximum absolute atomic E-state index is 12.8. The summed E-state index contributed by atoms with van der Waals surface area (Å²) in [6.45, 7) is -0.0178. The van der Waals surface area contributed by atoms with Crippen LogP contribution in [0.1, 0.15) is 5.56 Å². The highest BCUT2D eigenvalue weighted by Gasteiger charge is 2.27. The second-order valence-corrected chi connectivity index (χ2v) is 6.61. The van der Waals surface area contributed by atoms with Crippen LogP contribution < -0.4 is 14.2 Å². The Morgan fingerprint density at radius 2 is 1.73 bits per heavy atom. The van der Waals surface area contributed by atoms with Crippen molar-refractivity contribution in [3.8, 4) is 23.1 Å². The van der Waals surface area contributed by atoms with Gasteiger partial charge in [-0.2, -0.15) is 18.7 Å². The van der Waals surface area contributed by atoms with Crippen LogP contribution in [0.4, 0.5) is 14.5 Å². The molecule has 1 aromatic heterocycles. The lowest BCUT2D eigenvalue weighted by atomic mass is 10.1. The number of methoxy groups -OCH3 is 3. The first-order valence-corrected chi connectivity index (χ1v) is 8.75. The summed E-state index contributed by atoms with van der Waals surface area (Å²) in [4.78, 5) is 8.26. The molecule has 0 saturated heterocycles. The van der Waals surface area contributed by atoms with Crippen molar-refractivity contribution < 1.29 is 31.4 Å². The van der Waals surface area contributed by atoms with Crippen LogP contribution in [0.3, 0.4) is 0 Å². The first kappa shape index (κ1) is 19.8. The largest absolute Gasteiger partial charge is 0.481 e. The molecule has 0 fully saturated rings. The molecule has 0 saturated carbocycles. The molecular formula is C15H17F2N3O5S.